The number of terminal acetylenes is 1. The number of aromatic nitrogens is 1. The number of nitrogens with one attached hydrogen (secondary N) is 3. The highest BCUT2D eigenvalue weighted by molar-refractivity contribution is 6.32. The van der Waals surface area contributed by atoms with Gasteiger partial charge in [0.1, 0.15) is 42.9 Å². The van der Waals surface area contributed by atoms with E-state index in [0.29, 0.717) is 51.4 Å². The smallest absolute Gasteiger partial charge is 0.335 e. The molecule has 0 radical (unpaired) electrons. The molecule has 5 nitrogen and oxygen atoms in total. The van der Waals surface area contributed by atoms with Crippen molar-refractivity contribution in [2.24, 2.45) is 0 Å². The van der Waals surface area contributed by atoms with Crippen LogP contribution in [-0.4, -0.2) is 44.2 Å². The summed E-state index contributed by atoms with van der Waals surface area (Å²) >= 11 is 6.05. The van der Waals surface area contributed by atoms with Crippen molar-refractivity contribution in [3.63, 3.8) is 0 Å². The van der Waals surface area contributed by atoms with Crippen molar-refractivity contribution in [2.45, 2.75) is 38.4 Å². The molecule has 1 aromatic heterocycles. The van der Waals surface area contributed by atoms with Crippen molar-refractivity contribution in [1.82, 2.24) is 5.32 Å². The number of alkyl halides is 3. The number of quaternary nitrogens is 1. The number of amides is 1. The van der Waals surface area contributed by atoms with E-state index in [9.17, 15) is 18.0 Å². The fourth-order valence-electron chi connectivity index (χ4n) is 3.30. The highest BCUT2D eigenvalue weighted by atomic mass is 35.5. The molecule has 0 spiro atoms. The first-order valence-electron chi connectivity index (χ1n) is 9.30. The predicted octanol–water partition coefficient (Wildman–Crippen LogP) is 1.19. The van der Waals surface area contributed by atoms with Gasteiger partial charge in [-0.3, -0.25) is 4.79 Å². The van der Waals surface area contributed by atoms with Gasteiger partial charge in [0, 0.05) is 0 Å². The molecule has 3 N–H and O–H groups in total. The van der Waals surface area contributed by atoms with Crippen molar-refractivity contribution < 1.29 is 27.8 Å². The summed E-state index contributed by atoms with van der Waals surface area (Å²) in [4.78, 5) is 18.0. The summed E-state index contributed by atoms with van der Waals surface area (Å²) in [6.45, 7) is 6.68. The van der Waals surface area contributed by atoms with E-state index in [1.54, 1.807) is 0 Å². The number of carbonyl (C=O) groups is 1. The molecule has 1 aliphatic rings. The summed E-state index contributed by atoms with van der Waals surface area (Å²) in [6, 6.07) is 0.926. The third-order valence-electron chi connectivity index (χ3n) is 5.26. The monoisotopic (exact) mass is 418 g/mol. The van der Waals surface area contributed by atoms with Crippen LogP contribution in [0.15, 0.2) is 12.3 Å². The Morgan fingerprint density at radius 1 is 1.36 bits per heavy atom. The van der Waals surface area contributed by atoms with Crippen LogP contribution >= 0.6 is 11.6 Å². The minimum absolute atomic E-state index is 0.0284. The maximum atomic E-state index is 12.8. The maximum absolute atomic E-state index is 12.8. The van der Waals surface area contributed by atoms with Crippen molar-refractivity contribution in [3.05, 3.63) is 22.8 Å². The molecule has 0 atom stereocenters. The zero-order valence-corrected chi connectivity index (χ0v) is 16.8. The highest BCUT2D eigenvalue weighted by Crippen LogP contribution is 2.31. The Hall–Kier alpha value is -1.98. The van der Waals surface area contributed by atoms with Gasteiger partial charge in [0.2, 0.25) is 0 Å². The molecule has 0 saturated carbocycles. The summed E-state index contributed by atoms with van der Waals surface area (Å²) in [5.41, 5.74) is -1.42. The van der Waals surface area contributed by atoms with Gasteiger partial charge in [-0.15, -0.1) is 6.42 Å². The van der Waals surface area contributed by atoms with Gasteiger partial charge < -0.3 is 10.2 Å². The largest absolute Gasteiger partial charge is 0.419 e. The van der Waals surface area contributed by atoms with Gasteiger partial charge in [0.25, 0.3) is 11.7 Å². The zero-order chi connectivity index (χ0) is 20.9. The molecule has 1 saturated heterocycles. The first-order valence-corrected chi connectivity index (χ1v) is 9.67. The number of piperazine rings is 1. The summed E-state index contributed by atoms with van der Waals surface area (Å²) in [5, 5.41) is 2.98. The lowest BCUT2D eigenvalue weighted by Crippen LogP contribution is -3.16. The Morgan fingerprint density at radius 2 is 1.96 bits per heavy atom. The molecular weight excluding hydrogens is 393 g/mol. The van der Waals surface area contributed by atoms with Gasteiger partial charge in [0.05, 0.1) is 5.56 Å². The maximum Gasteiger partial charge on any atom is 0.419 e. The van der Waals surface area contributed by atoms with Gasteiger partial charge in [-0.25, -0.2) is 9.88 Å². The Balaban J connectivity index is 1.93. The second-order valence-electron chi connectivity index (χ2n) is 6.98. The van der Waals surface area contributed by atoms with E-state index in [0.717, 1.165) is 17.2 Å². The Bertz CT molecular complexity index is 736. The van der Waals surface area contributed by atoms with Gasteiger partial charge in [0.15, 0.2) is 6.54 Å². The van der Waals surface area contributed by atoms with E-state index >= 15 is 0 Å². The number of carbonyl (C=O) groups excluding carboxylic acids is 1. The third-order valence-corrected chi connectivity index (χ3v) is 5.55. The summed E-state index contributed by atoms with van der Waals surface area (Å²) in [7, 11) is 0. The quantitative estimate of drug-likeness (QED) is 0.682. The van der Waals surface area contributed by atoms with E-state index in [1.165, 1.54) is 0 Å². The first kappa shape index (κ1) is 22.3. The average Bonchev–Trinajstić information content (AvgIpc) is 2.66. The van der Waals surface area contributed by atoms with Crippen LogP contribution in [0.2, 0.25) is 5.02 Å². The molecule has 1 aliphatic heterocycles. The van der Waals surface area contributed by atoms with Gasteiger partial charge in [-0.1, -0.05) is 31.4 Å². The summed E-state index contributed by atoms with van der Waals surface area (Å²) in [6.07, 6.45) is 3.38. The van der Waals surface area contributed by atoms with Gasteiger partial charge in [-0.2, -0.15) is 13.2 Å². The van der Waals surface area contributed by atoms with Crippen LogP contribution in [0.25, 0.3) is 0 Å². The van der Waals surface area contributed by atoms with Crippen molar-refractivity contribution in [3.8, 4) is 12.3 Å². The van der Waals surface area contributed by atoms with Crippen LogP contribution in [0.4, 0.5) is 19.0 Å². The molecule has 0 aliphatic carbocycles. The number of pyridine rings is 1. The Kier molecular flexibility index (Phi) is 7.18. The third kappa shape index (κ3) is 5.30. The van der Waals surface area contributed by atoms with E-state index in [-0.39, 0.29) is 10.9 Å². The second kappa shape index (κ2) is 9.01. The van der Waals surface area contributed by atoms with Crippen LogP contribution in [0, 0.1) is 12.3 Å². The van der Waals surface area contributed by atoms with Crippen LogP contribution in [0.5, 0.6) is 0 Å². The molecule has 0 aromatic carbocycles. The van der Waals surface area contributed by atoms with E-state index < -0.39 is 17.3 Å². The van der Waals surface area contributed by atoms with Crippen LogP contribution < -0.4 is 20.1 Å². The molecule has 2 rings (SSSR count). The number of aromatic amines is 1. The lowest BCUT2D eigenvalue weighted by Gasteiger charge is -2.30. The predicted molar refractivity (Wildman–Crippen MR) is 101 cm³/mol. The normalized spacial score (nSPS) is 16.0. The fourth-order valence-corrected chi connectivity index (χ4v) is 3.59. The topological polar surface area (TPSA) is 50.9 Å². The van der Waals surface area contributed by atoms with Gasteiger partial charge >= 0.3 is 6.18 Å². The SMILES string of the molecule is C#CC(CC)(CC)NC(=O)C[NH+]1CCN(c2[nH+]cc(C(F)(F)F)cc2Cl)CC1. The molecular formula is C19H26ClF3N4O+2. The molecule has 1 aromatic rings. The number of hydrogen-bond donors (Lipinski definition) is 2. The molecule has 0 bridgehead atoms. The Labute approximate surface area is 168 Å². The van der Waals surface area contributed by atoms with E-state index in [4.69, 9.17) is 18.0 Å². The lowest BCUT2D eigenvalue weighted by atomic mass is 9.94. The number of hydrogen-bond acceptors (Lipinski definition) is 2. The number of rotatable bonds is 6. The standard InChI is InChI=1S/C19H24ClF3N4O/c1-4-18(5-2,6-3)25-16(28)13-26-7-9-27(10-8-26)17-15(20)11-14(12-24-17)19(21,22)23/h1,11-12H,5-10,13H2,2-3H3,(H,25,28)/p+2. The molecule has 154 valence electrons. The number of anilines is 1. The molecule has 2 heterocycles. The first-order chi connectivity index (χ1) is 13.1. The minimum atomic E-state index is -4.44. The number of H-pyrrole nitrogens is 1. The van der Waals surface area contributed by atoms with Crippen LogP contribution in [0.1, 0.15) is 32.3 Å². The van der Waals surface area contributed by atoms with Crippen LogP contribution in [-0.2, 0) is 11.0 Å². The van der Waals surface area contributed by atoms with Crippen molar-refractivity contribution >= 4 is 23.3 Å². The van der Waals surface area contributed by atoms with E-state index in [2.05, 4.69) is 16.2 Å². The van der Waals surface area contributed by atoms with Crippen molar-refractivity contribution in [2.75, 3.05) is 37.6 Å². The van der Waals surface area contributed by atoms with Gasteiger partial charge in [-0.05, 0) is 18.9 Å². The molecule has 1 fully saturated rings. The molecule has 0 unspecified atom stereocenters. The second-order valence-corrected chi connectivity index (χ2v) is 7.39. The lowest BCUT2D eigenvalue weighted by molar-refractivity contribution is -0.892. The van der Waals surface area contributed by atoms with Crippen molar-refractivity contribution in [1.29, 1.82) is 0 Å². The van der Waals surface area contributed by atoms with E-state index in [1.807, 2.05) is 18.7 Å². The Morgan fingerprint density at radius 3 is 2.43 bits per heavy atom. The summed E-state index contributed by atoms with van der Waals surface area (Å²) in [5.74, 6) is 3.05. The average molecular weight is 419 g/mol. The zero-order valence-electron chi connectivity index (χ0n) is 16.0. The fraction of sp³-hybridized carbons (Fsp3) is 0.579. The van der Waals surface area contributed by atoms with Crippen LogP contribution in [0.3, 0.4) is 0 Å². The minimum Gasteiger partial charge on any atom is -0.335 e. The summed E-state index contributed by atoms with van der Waals surface area (Å²) < 4.78 is 38.3. The number of nitrogens with zero attached hydrogens (tertiary/aromatic N) is 1. The number of halogens is 4. The molecule has 28 heavy (non-hydrogen) atoms. The molecule has 1 amide bonds. The highest BCUT2D eigenvalue weighted by Gasteiger charge is 2.35. The molecule has 9 heteroatoms.